The largest absolute Gasteiger partial charge is 0.573 e. The third-order valence-corrected chi connectivity index (χ3v) is 5.94. The molecule has 3 aromatic carbocycles. The van der Waals surface area contributed by atoms with Crippen molar-refractivity contribution in [2.75, 3.05) is 12.1 Å². The minimum Gasteiger partial charge on any atom is -0.454 e. The van der Waals surface area contributed by atoms with Crippen molar-refractivity contribution in [3.63, 3.8) is 0 Å². The predicted octanol–water partition coefficient (Wildman–Crippen LogP) is 6.55. The van der Waals surface area contributed by atoms with Crippen molar-refractivity contribution in [3.05, 3.63) is 71.2 Å². The van der Waals surface area contributed by atoms with Gasteiger partial charge in [0.25, 0.3) is 0 Å². The molecule has 0 aromatic heterocycles. The minimum absolute atomic E-state index is 0. The van der Waals surface area contributed by atoms with E-state index in [2.05, 4.69) is 10.1 Å². The summed E-state index contributed by atoms with van der Waals surface area (Å²) >= 11 is 6.03. The molecule has 1 aliphatic heterocycles. The van der Waals surface area contributed by atoms with Gasteiger partial charge in [-0.3, -0.25) is 4.79 Å². The van der Waals surface area contributed by atoms with Crippen molar-refractivity contribution in [2.24, 2.45) is 0 Å². The van der Waals surface area contributed by atoms with Crippen LogP contribution in [0, 0.1) is 0 Å². The number of ether oxygens (including phenoxy) is 3. The first-order chi connectivity index (χ1) is 15.7. The van der Waals surface area contributed by atoms with E-state index in [-0.39, 0.29) is 25.4 Å². The van der Waals surface area contributed by atoms with Crippen LogP contribution in [-0.2, 0) is 10.2 Å². The fourth-order valence-corrected chi connectivity index (χ4v) is 4.11. The molecule has 0 radical (unpaired) electrons. The van der Waals surface area contributed by atoms with Crippen molar-refractivity contribution >= 4 is 23.2 Å². The molecule has 5 rings (SSSR count). The number of carbonyl (C=O) groups is 1. The number of rotatable bonds is 5. The average Bonchev–Trinajstić information content (AvgIpc) is 3.45. The number of carbonyl (C=O) groups excluding carboxylic acids is 1. The van der Waals surface area contributed by atoms with Gasteiger partial charge in [-0.05, 0) is 66.4 Å². The summed E-state index contributed by atoms with van der Waals surface area (Å²) in [5.74, 6) is 0.576. The second-order valence-electron chi connectivity index (χ2n) is 7.87. The molecule has 3 aromatic rings. The summed E-state index contributed by atoms with van der Waals surface area (Å²) in [6, 6.07) is 15.8. The van der Waals surface area contributed by atoms with Gasteiger partial charge in [0, 0.05) is 17.7 Å². The Bertz CT molecular complexity index is 1250. The SMILES string of the molecule is O=C(Nc1ccc(OC(F)(F)F)c(-c2cccc(Cl)c2)c1)C1(c2ccc3c(c2)OCO3)CC1.[HH]. The summed E-state index contributed by atoms with van der Waals surface area (Å²) in [6.07, 6.45) is -3.57. The standard InChI is InChI=1S/C24H17ClF3NO4.H2/c25-16-3-1-2-14(10-16)18-12-17(5-7-19(18)33-24(26,27)28)29-22(30)23(8-9-23)15-4-6-20-21(11-15)32-13-31-20;/h1-7,10-12H,8-9,13H2,(H,29,30);1H. The maximum Gasteiger partial charge on any atom is 0.573 e. The van der Waals surface area contributed by atoms with Crippen LogP contribution in [0.15, 0.2) is 60.7 Å². The Morgan fingerprint density at radius 3 is 2.55 bits per heavy atom. The van der Waals surface area contributed by atoms with Crippen LogP contribution in [0.4, 0.5) is 18.9 Å². The number of hydrogen-bond donors (Lipinski definition) is 1. The van der Waals surface area contributed by atoms with Gasteiger partial charge in [-0.15, -0.1) is 13.2 Å². The highest BCUT2D eigenvalue weighted by atomic mass is 35.5. The lowest BCUT2D eigenvalue weighted by Crippen LogP contribution is -2.27. The highest BCUT2D eigenvalue weighted by molar-refractivity contribution is 6.30. The second kappa shape index (κ2) is 7.88. The quantitative estimate of drug-likeness (QED) is 0.452. The van der Waals surface area contributed by atoms with E-state index in [0.717, 1.165) is 5.56 Å². The van der Waals surface area contributed by atoms with Gasteiger partial charge in [0.15, 0.2) is 11.5 Å². The summed E-state index contributed by atoms with van der Waals surface area (Å²) in [6.45, 7) is 0.136. The Morgan fingerprint density at radius 2 is 1.82 bits per heavy atom. The molecule has 1 heterocycles. The lowest BCUT2D eigenvalue weighted by atomic mass is 9.94. The van der Waals surface area contributed by atoms with Crippen molar-refractivity contribution in [1.29, 1.82) is 0 Å². The van der Waals surface area contributed by atoms with E-state index < -0.39 is 11.8 Å². The van der Waals surface area contributed by atoms with Crippen LogP contribution < -0.4 is 19.5 Å². The van der Waals surface area contributed by atoms with Gasteiger partial charge >= 0.3 is 6.36 Å². The molecule has 172 valence electrons. The molecule has 33 heavy (non-hydrogen) atoms. The van der Waals surface area contributed by atoms with Crippen molar-refractivity contribution in [2.45, 2.75) is 24.6 Å². The Morgan fingerprint density at radius 1 is 1.03 bits per heavy atom. The fourth-order valence-electron chi connectivity index (χ4n) is 3.92. The smallest absolute Gasteiger partial charge is 0.454 e. The second-order valence-corrected chi connectivity index (χ2v) is 8.31. The number of amides is 1. The van der Waals surface area contributed by atoms with E-state index in [4.69, 9.17) is 21.1 Å². The predicted molar refractivity (Wildman–Crippen MR) is 118 cm³/mol. The van der Waals surface area contributed by atoms with Crippen molar-refractivity contribution < 1.29 is 33.6 Å². The van der Waals surface area contributed by atoms with Gasteiger partial charge in [0.1, 0.15) is 5.75 Å². The minimum atomic E-state index is -4.87. The van der Waals surface area contributed by atoms with Crippen LogP contribution in [0.2, 0.25) is 5.02 Å². The third-order valence-electron chi connectivity index (χ3n) is 5.71. The summed E-state index contributed by atoms with van der Waals surface area (Å²) in [5, 5.41) is 3.21. The van der Waals surface area contributed by atoms with Gasteiger partial charge in [-0.1, -0.05) is 29.8 Å². The molecule has 0 saturated heterocycles. The Kier molecular flexibility index (Phi) is 5.12. The van der Waals surface area contributed by atoms with Crippen LogP contribution >= 0.6 is 11.6 Å². The number of benzene rings is 3. The lowest BCUT2D eigenvalue weighted by molar-refractivity contribution is -0.274. The van der Waals surface area contributed by atoms with Crippen LogP contribution in [0.3, 0.4) is 0 Å². The number of hydrogen-bond acceptors (Lipinski definition) is 4. The van der Waals surface area contributed by atoms with Gasteiger partial charge < -0.3 is 19.5 Å². The molecule has 2 aliphatic rings. The highest BCUT2D eigenvalue weighted by Crippen LogP contribution is 2.51. The molecule has 0 atom stereocenters. The molecule has 1 amide bonds. The zero-order chi connectivity index (χ0) is 23.2. The van der Waals surface area contributed by atoms with E-state index in [1.807, 2.05) is 6.07 Å². The molecule has 0 bridgehead atoms. The van der Waals surface area contributed by atoms with Crippen molar-refractivity contribution in [3.8, 4) is 28.4 Å². The first kappa shape index (κ1) is 21.5. The average molecular weight is 478 g/mol. The van der Waals surface area contributed by atoms with Crippen LogP contribution in [0.5, 0.6) is 17.2 Å². The van der Waals surface area contributed by atoms with Gasteiger partial charge in [-0.2, -0.15) is 0 Å². The van der Waals surface area contributed by atoms with E-state index >= 15 is 0 Å². The number of fused-ring (bicyclic) bond motifs is 1. The fraction of sp³-hybridized carbons (Fsp3) is 0.208. The Balaban J connectivity index is 0.00000274. The third kappa shape index (κ3) is 4.30. The maximum atomic E-state index is 13.2. The van der Waals surface area contributed by atoms with Crippen molar-refractivity contribution in [1.82, 2.24) is 0 Å². The summed E-state index contributed by atoms with van der Waals surface area (Å²) in [7, 11) is 0. The topological polar surface area (TPSA) is 56.8 Å². The zero-order valence-electron chi connectivity index (χ0n) is 17.0. The summed E-state index contributed by atoms with van der Waals surface area (Å²) < 4.78 is 53.8. The molecular formula is C24H19ClF3NO4. The van der Waals surface area contributed by atoms with E-state index in [1.165, 1.54) is 24.3 Å². The maximum absolute atomic E-state index is 13.2. The van der Waals surface area contributed by atoms with Crippen LogP contribution in [-0.4, -0.2) is 19.1 Å². The number of halogens is 4. The molecule has 0 unspecified atom stereocenters. The zero-order valence-corrected chi connectivity index (χ0v) is 17.8. The first-order valence-corrected chi connectivity index (χ1v) is 10.5. The first-order valence-electron chi connectivity index (χ1n) is 10.1. The van der Waals surface area contributed by atoms with E-state index in [1.54, 1.807) is 30.3 Å². The van der Waals surface area contributed by atoms with Gasteiger partial charge in [-0.25, -0.2) is 0 Å². The number of alkyl halides is 3. The lowest BCUT2D eigenvalue weighted by Gasteiger charge is -2.18. The Labute approximate surface area is 193 Å². The monoisotopic (exact) mass is 477 g/mol. The normalized spacial score (nSPS) is 15.8. The summed E-state index contributed by atoms with van der Waals surface area (Å²) in [5.41, 5.74) is 1.00. The molecule has 1 aliphatic carbocycles. The van der Waals surface area contributed by atoms with Gasteiger partial charge in [0.05, 0.1) is 5.41 Å². The molecular weight excluding hydrogens is 459 g/mol. The van der Waals surface area contributed by atoms with E-state index in [0.29, 0.717) is 40.6 Å². The molecule has 1 N–H and O–H groups in total. The molecule has 1 fully saturated rings. The number of anilines is 1. The van der Waals surface area contributed by atoms with Crippen LogP contribution in [0.1, 0.15) is 19.8 Å². The molecule has 0 spiro atoms. The van der Waals surface area contributed by atoms with Crippen LogP contribution in [0.25, 0.3) is 11.1 Å². The molecule has 5 nitrogen and oxygen atoms in total. The molecule has 9 heteroatoms. The highest BCUT2D eigenvalue weighted by Gasteiger charge is 2.51. The Hall–Kier alpha value is -3.39. The number of nitrogens with one attached hydrogen (secondary N) is 1. The summed E-state index contributed by atoms with van der Waals surface area (Å²) in [4.78, 5) is 13.2. The van der Waals surface area contributed by atoms with Gasteiger partial charge in [0.2, 0.25) is 12.7 Å². The molecule has 1 saturated carbocycles. The van der Waals surface area contributed by atoms with E-state index in [9.17, 15) is 18.0 Å².